The smallest absolute Gasteiger partial charge is 0.275 e. The van der Waals surface area contributed by atoms with Crippen LogP contribution in [0, 0.1) is 0 Å². The van der Waals surface area contributed by atoms with Crippen molar-refractivity contribution in [3.8, 4) is 11.4 Å². The second kappa shape index (κ2) is 7.75. The maximum atomic E-state index is 12.3. The Labute approximate surface area is 154 Å². The maximum Gasteiger partial charge on any atom is 0.275 e. The third-order valence-electron chi connectivity index (χ3n) is 3.63. The van der Waals surface area contributed by atoms with Crippen LogP contribution in [0.5, 0.6) is 5.75 Å². The zero-order chi connectivity index (χ0) is 18.5. The van der Waals surface area contributed by atoms with Gasteiger partial charge in [-0.3, -0.25) is 4.79 Å². The van der Waals surface area contributed by atoms with E-state index in [0.29, 0.717) is 22.0 Å². The van der Waals surface area contributed by atoms with Gasteiger partial charge in [-0.25, -0.2) is 10.1 Å². The van der Waals surface area contributed by atoms with E-state index < -0.39 is 5.91 Å². The first kappa shape index (κ1) is 17.6. The second-order valence-corrected chi connectivity index (χ2v) is 5.72. The molecule has 0 aliphatic carbocycles. The summed E-state index contributed by atoms with van der Waals surface area (Å²) in [7, 11) is 1.49. The van der Waals surface area contributed by atoms with Gasteiger partial charge in [-0.2, -0.15) is 5.10 Å². The number of ether oxygens (including phenoxy) is 1. The van der Waals surface area contributed by atoms with Gasteiger partial charge in [-0.15, -0.1) is 5.10 Å². The molecule has 3 aromatic rings. The molecule has 8 nitrogen and oxygen atoms in total. The highest BCUT2D eigenvalue weighted by Crippen LogP contribution is 2.22. The van der Waals surface area contributed by atoms with Gasteiger partial charge in [-0.1, -0.05) is 23.7 Å². The molecule has 0 spiro atoms. The third-order valence-corrected chi connectivity index (χ3v) is 3.87. The first-order chi connectivity index (χ1) is 12.6. The molecule has 0 aliphatic rings. The SMILES string of the molecule is COc1ccc(Cl)cc1C(=O)N/N=C(/C)c1ccc(-n2cnnn2)cc1. The Kier molecular flexibility index (Phi) is 5.23. The minimum Gasteiger partial charge on any atom is -0.496 e. The van der Waals surface area contributed by atoms with Crippen LogP contribution in [-0.2, 0) is 0 Å². The molecule has 26 heavy (non-hydrogen) atoms. The second-order valence-electron chi connectivity index (χ2n) is 5.28. The van der Waals surface area contributed by atoms with Crippen molar-refractivity contribution < 1.29 is 9.53 Å². The molecule has 0 saturated carbocycles. The molecule has 0 unspecified atom stereocenters. The van der Waals surface area contributed by atoms with Crippen molar-refractivity contribution >= 4 is 23.2 Å². The molecule has 9 heteroatoms. The summed E-state index contributed by atoms with van der Waals surface area (Å²) in [5.41, 5.74) is 5.13. The summed E-state index contributed by atoms with van der Waals surface area (Å²) in [5.74, 6) is 0.0135. The van der Waals surface area contributed by atoms with Gasteiger partial charge in [-0.05, 0) is 53.2 Å². The van der Waals surface area contributed by atoms with E-state index in [0.717, 1.165) is 11.3 Å². The molecule has 1 aromatic heterocycles. The lowest BCUT2D eigenvalue weighted by molar-refractivity contribution is 0.0952. The van der Waals surface area contributed by atoms with Gasteiger partial charge < -0.3 is 4.74 Å². The number of carbonyl (C=O) groups excluding carboxylic acids is 1. The van der Waals surface area contributed by atoms with Crippen molar-refractivity contribution in [2.75, 3.05) is 7.11 Å². The molecule has 132 valence electrons. The van der Waals surface area contributed by atoms with Gasteiger partial charge in [0.15, 0.2) is 0 Å². The summed E-state index contributed by atoms with van der Waals surface area (Å²) >= 11 is 5.95. The molecule has 2 aromatic carbocycles. The number of methoxy groups -OCH3 is 1. The first-order valence-corrected chi connectivity index (χ1v) is 7.98. The predicted octanol–water partition coefficient (Wildman–Crippen LogP) is 2.48. The topological polar surface area (TPSA) is 94.3 Å². The third kappa shape index (κ3) is 3.86. The zero-order valence-electron chi connectivity index (χ0n) is 14.0. The minimum absolute atomic E-state index is 0.311. The van der Waals surface area contributed by atoms with Crippen molar-refractivity contribution in [2.45, 2.75) is 6.92 Å². The average molecular weight is 371 g/mol. The van der Waals surface area contributed by atoms with E-state index in [9.17, 15) is 4.79 Å². The van der Waals surface area contributed by atoms with Crippen LogP contribution >= 0.6 is 11.6 Å². The summed E-state index contributed by atoms with van der Waals surface area (Å²) in [6.45, 7) is 1.79. The van der Waals surface area contributed by atoms with Crippen LogP contribution in [0.25, 0.3) is 5.69 Å². The number of nitrogens with one attached hydrogen (secondary N) is 1. The Balaban J connectivity index is 1.74. The Bertz CT molecular complexity index is 938. The lowest BCUT2D eigenvalue weighted by Gasteiger charge is -2.08. The number of carbonyl (C=O) groups is 1. The molecule has 0 saturated heterocycles. The number of hydrogen-bond acceptors (Lipinski definition) is 6. The van der Waals surface area contributed by atoms with Crippen LogP contribution in [0.4, 0.5) is 0 Å². The summed E-state index contributed by atoms with van der Waals surface area (Å²) in [6, 6.07) is 12.2. The molecule has 0 aliphatic heterocycles. The van der Waals surface area contributed by atoms with Crippen LogP contribution in [0.2, 0.25) is 5.02 Å². The van der Waals surface area contributed by atoms with Gasteiger partial charge in [0, 0.05) is 5.02 Å². The van der Waals surface area contributed by atoms with E-state index in [4.69, 9.17) is 16.3 Å². The fourth-order valence-corrected chi connectivity index (χ4v) is 2.42. The van der Waals surface area contributed by atoms with E-state index in [1.807, 2.05) is 24.3 Å². The molecule has 3 rings (SSSR count). The van der Waals surface area contributed by atoms with Crippen LogP contribution in [0.3, 0.4) is 0 Å². The Morgan fingerprint density at radius 3 is 2.65 bits per heavy atom. The van der Waals surface area contributed by atoms with Crippen molar-refractivity contribution in [1.82, 2.24) is 25.6 Å². The summed E-state index contributed by atoms with van der Waals surface area (Å²) in [5, 5.41) is 15.6. The predicted molar refractivity (Wildman–Crippen MR) is 96.8 cm³/mol. The van der Waals surface area contributed by atoms with Crippen molar-refractivity contribution in [2.24, 2.45) is 5.10 Å². The Hall–Kier alpha value is -3.26. The van der Waals surface area contributed by atoms with Gasteiger partial charge in [0.1, 0.15) is 12.1 Å². The molecule has 0 radical (unpaired) electrons. The highest BCUT2D eigenvalue weighted by molar-refractivity contribution is 6.31. The molecule has 0 atom stereocenters. The van der Waals surface area contributed by atoms with Gasteiger partial charge in [0.2, 0.25) is 0 Å². The normalized spacial score (nSPS) is 11.3. The highest BCUT2D eigenvalue weighted by Gasteiger charge is 2.12. The van der Waals surface area contributed by atoms with E-state index in [2.05, 4.69) is 26.1 Å². The molecule has 1 amide bonds. The minimum atomic E-state index is -0.408. The van der Waals surface area contributed by atoms with Crippen LogP contribution in [0.1, 0.15) is 22.8 Å². The molecule has 0 fully saturated rings. The lowest BCUT2D eigenvalue weighted by Crippen LogP contribution is -2.20. The molecule has 0 bridgehead atoms. The van der Waals surface area contributed by atoms with Crippen molar-refractivity contribution in [1.29, 1.82) is 0 Å². The van der Waals surface area contributed by atoms with E-state index in [-0.39, 0.29) is 0 Å². The van der Waals surface area contributed by atoms with E-state index >= 15 is 0 Å². The van der Waals surface area contributed by atoms with Gasteiger partial charge in [0.05, 0.1) is 24.1 Å². The lowest BCUT2D eigenvalue weighted by atomic mass is 10.1. The van der Waals surface area contributed by atoms with Gasteiger partial charge in [0.25, 0.3) is 5.91 Å². The number of nitrogens with zero attached hydrogens (tertiary/aromatic N) is 5. The number of tetrazole rings is 1. The fourth-order valence-electron chi connectivity index (χ4n) is 2.25. The summed E-state index contributed by atoms with van der Waals surface area (Å²) in [6.07, 6.45) is 1.51. The van der Waals surface area contributed by atoms with Crippen LogP contribution in [-0.4, -0.2) is 38.9 Å². The molecule has 1 N–H and O–H groups in total. The number of benzene rings is 2. The zero-order valence-corrected chi connectivity index (χ0v) is 14.8. The number of aromatic nitrogens is 4. The van der Waals surface area contributed by atoms with Crippen molar-refractivity contribution in [3.63, 3.8) is 0 Å². The van der Waals surface area contributed by atoms with Crippen LogP contribution < -0.4 is 10.2 Å². The molecular formula is C17H15ClN6O2. The van der Waals surface area contributed by atoms with Crippen LogP contribution in [0.15, 0.2) is 53.9 Å². The number of rotatable bonds is 5. The summed E-state index contributed by atoms with van der Waals surface area (Å²) in [4.78, 5) is 12.3. The van der Waals surface area contributed by atoms with E-state index in [1.54, 1.807) is 23.7 Å². The number of amides is 1. The van der Waals surface area contributed by atoms with Crippen molar-refractivity contribution in [3.05, 3.63) is 64.9 Å². The quantitative estimate of drug-likeness (QED) is 0.550. The largest absolute Gasteiger partial charge is 0.496 e. The number of hydrazone groups is 1. The molecular weight excluding hydrogens is 356 g/mol. The highest BCUT2D eigenvalue weighted by atomic mass is 35.5. The summed E-state index contributed by atoms with van der Waals surface area (Å²) < 4.78 is 6.72. The Morgan fingerprint density at radius 1 is 1.23 bits per heavy atom. The fraction of sp³-hybridized carbons (Fsp3) is 0.118. The number of halogens is 1. The first-order valence-electron chi connectivity index (χ1n) is 7.60. The standard InChI is InChI=1S/C17H15ClN6O2/c1-11(12-3-6-14(7-4-12)24-10-19-22-23-24)20-21-17(25)15-9-13(18)5-8-16(15)26-2/h3-10H,1-2H3,(H,21,25)/b20-11-. The number of hydrogen-bond donors (Lipinski definition) is 1. The van der Waals surface area contributed by atoms with Gasteiger partial charge >= 0.3 is 0 Å². The monoisotopic (exact) mass is 370 g/mol. The Morgan fingerprint density at radius 2 is 2.00 bits per heavy atom. The van der Waals surface area contributed by atoms with E-state index in [1.165, 1.54) is 19.5 Å². The molecule has 1 heterocycles. The maximum absolute atomic E-state index is 12.3. The average Bonchev–Trinajstić information content (AvgIpc) is 3.20.